The van der Waals surface area contributed by atoms with Crippen molar-refractivity contribution in [2.45, 2.75) is 26.0 Å². The van der Waals surface area contributed by atoms with Gasteiger partial charge in [-0.1, -0.05) is 5.16 Å². The fourth-order valence-corrected chi connectivity index (χ4v) is 2.72. The molecule has 1 heterocycles. The molecule has 3 amide bonds. The molecule has 0 spiro atoms. The Labute approximate surface area is 166 Å². The molecule has 28 heavy (non-hydrogen) atoms. The number of benzene rings is 1. The highest BCUT2D eigenvalue weighted by molar-refractivity contribution is 8.01. The third kappa shape index (κ3) is 6.62. The summed E-state index contributed by atoms with van der Waals surface area (Å²) in [6.07, 6.45) is 0. The van der Waals surface area contributed by atoms with Crippen molar-refractivity contribution in [3.05, 3.63) is 41.7 Å². The molecule has 0 saturated heterocycles. The lowest BCUT2D eigenvalue weighted by Crippen LogP contribution is -2.42. The van der Waals surface area contributed by atoms with E-state index in [4.69, 9.17) is 9.26 Å². The highest BCUT2D eigenvalue weighted by atomic mass is 32.2. The van der Waals surface area contributed by atoms with Crippen LogP contribution in [0.4, 0.5) is 5.82 Å². The van der Waals surface area contributed by atoms with Gasteiger partial charge in [-0.2, -0.15) is 0 Å². The summed E-state index contributed by atoms with van der Waals surface area (Å²) >= 11 is 1.12. The van der Waals surface area contributed by atoms with Crippen molar-refractivity contribution in [3.8, 4) is 5.75 Å². The molecule has 2 aromatic rings. The van der Waals surface area contributed by atoms with Gasteiger partial charge in [0, 0.05) is 11.6 Å². The fourth-order valence-electron chi connectivity index (χ4n) is 2.03. The predicted octanol–water partition coefficient (Wildman–Crippen LogP) is 1.90. The second kappa shape index (κ2) is 10.4. The number of rotatable bonds is 8. The molecule has 1 atom stereocenters. The lowest BCUT2D eigenvalue weighted by Gasteiger charge is -2.11. The minimum absolute atomic E-state index is 0.00398. The number of nitrogens with zero attached hydrogens (tertiary/aromatic N) is 1. The van der Waals surface area contributed by atoms with Crippen LogP contribution in [0.1, 0.15) is 30.0 Å². The van der Waals surface area contributed by atoms with Gasteiger partial charge in [-0.3, -0.25) is 25.2 Å². The molecule has 9 nitrogen and oxygen atoms in total. The number of aromatic nitrogens is 1. The first-order valence-corrected chi connectivity index (χ1v) is 9.61. The standard InChI is InChI=1S/C18H22N4O5S/c1-4-26-14-7-5-13(6-8-14)18(25)21-20-16(23)10-28-12(3)17(24)19-15-9-11(2)27-22-15/h5-9,12H,4,10H2,1-3H3,(H,20,23)(H,21,25)(H,19,22,24)/t12-/m1/s1. The number of aryl methyl sites for hydroxylation is 1. The number of hydrazine groups is 1. The Hall–Kier alpha value is -3.01. The van der Waals surface area contributed by atoms with E-state index in [1.54, 1.807) is 44.2 Å². The number of thioether (sulfide) groups is 1. The molecular weight excluding hydrogens is 384 g/mol. The van der Waals surface area contributed by atoms with Crippen LogP contribution in [0.15, 0.2) is 34.9 Å². The summed E-state index contributed by atoms with van der Waals surface area (Å²) in [5, 5.41) is 5.78. The number of hydrogen-bond acceptors (Lipinski definition) is 7. The molecule has 0 aliphatic heterocycles. The predicted molar refractivity (Wildman–Crippen MR) is 105 cm³/mol. The van der Waals surface area contributed by atoms with Crippen molar-refractivity contribution in [2.75, 3.05) is 17.7 Å². The molecule has 2 rings (SSSR count). The molecule has 0 aliphatic rings. The maximum atomic E-state index is 12.0. The van der Waals surface area contributed by atoms with E-state index in [1.165, 1.54) is 0 Å². The van der Waals surface area contributed by atoms with Gasteiger partial charge in [0.1, 0.15) is 11.5 Å². The third-order valence-electron chi connectivity index (χ3n) is 3.46. The maximum Gasteiger partial charge on any atom is 0.269 e. The highest BCUT2D eigenvalue weighted by Crippen LogP contribution is 2.14. The van der Waals surface area contributed by atoms with E-state index >= 15 is 0 Å². The Balaban J connectivity index is 1.71. The summed E-state index contributed by atoms with van der Waals surface area (Å²) in [4.78, 5) is 35.9. The van der Waals surface area contributed by atoms with Crippen LogP contribution in [0.5, 0.6) is 5.75 Å². The molecule has 0 unspecified atom stereocenters. The second-order valence-corrected chi connectivity index (χ2v) is 7.05. The van der Waals surface area contributed by atoms with Gasteiger partial charge in [0.05, 0.1) is 17.6 Å². The zero-order valence-corrected chi connectivity index (χ0v) is 16.6. The molecule has 3 N–H and O–H groups in total. The van der Waals surface area contributed by atoms with Crippen molar-refractivity contribution in [1.29, 1.82) is 0 Å². The minimum atomic E-state index is -0.496. The van der Waals surface area contributed by atoms with Crippen molar-refractivity contribution in [1.82, 2.24) is 16.0 Å². The van der Waals surface area contributed by atoms with E-state index in [0.717, 1.165) is 11.8 Å². The summed E-state index contributed by atoms with van der Waals surface area (Å²) in [5.41, 5.74) is 5.03. The number of amides is 3. The summed E-state index contributed by atoms with van der Waals surface area (Å²) in [6, 6.07) is 8.14. The number of carbonyl (C=O) groups is 3. The summed E-state index contributed by atoms with van der Waals surface area (Å²) < 4.78 is 10.2. The van der Waals surface area contributed by atoms with Crippen LogP contribution in [-0.4, -0.2) is 40.5 Å². The largest absolute Gasteiger partial charge is 0.494 e. The van der Waals surface area contributed by atoms with Gasteiger partial charge in [-0.15, -0.1) is 11.8 Å². The average Bonchev–Trinajstić information content (AvgIpc) is 3.09. The van der Waals surface area contributed by atoms with Gasteiger partial charge >= 0.3 is 0 Å². The Morgan fingerprint density at radius 2 is 1.93 bits per heavy atom. The Morgan fingerprint density at radius 3 is 2.54 bits per heavy atom. The first kappa shape index (κ1) is 21.3. The monoisotopic (exact) mass is 406 g/mol. The van der Waals surface area contributed by atoms with E-state index in [9.17, 15) is 14.4 Å². The van der Waals surface area contributed by atoms with Gasteiger partial charge in [0.15, 0.2) is 5.82 Å². The van der Waals surface area contributed by atoms with Crippen LogP contribution in [0, 0.1) is 6.92 Å². The fraction of sp³-hybridized carbons (Fsp3) is 0.333. The first-order valence-electron chi connectivity index (χ1n) is 8.57. The van der Waals surface area contributed by atoms with E-state index < -0.39 is 17.1 Å². The number of anilines is 1. The minimum Gasteiger partial charge on any atom is -0.494 e. The number of nitrogens with one attached hydrogen (secondary N) is 3. The lowest BCUT2D eigenvalue weighted by atomic mass is 10.2. The van der Waals surface area contributed by atoms with Crippen LogP contribution in [0.3, 0.4) is 0 Å². The molecule has 10 heteroatoms. The van der Waals surface area contributed by atoms with Crippen molar-refractivity contribution in [2.24, 2.45) is 0 Å². The summed E-state index contributed by atoms with van der Waals surface area (Å²) in [7, 11) is 0. The van der Waals surface area contributed by atoms with E-state index in [0.29, 0.717) is 29.5 Å². The number of hydrogen-bond donors (Lipinski definition) is 3. The summed E-state index contributed by atoms with van der Waals surface area (Å²) in [5.74, 6) is 0.378. The normalized spacial score (nSPS) is 11.4. The molecule has 0 saturated carbocycles. The second-order valence-electron chi connectivity index (χ2n) is 5.72. The Kier molecular flexibility index (Phi) is 7.88. The van der Waals surface area contributed by atoms with Gasteiger partial charge in [-0.25, -0.2) is 0 Å². The molecule has 150 valence electrons. The van der Waals surface area contributed by atoms with Gasteiger partial charge in [-0.05, 0) is 45.0 Å². The topological polar surface area (TPSA) is 123 Å². The molecular formula is C18H22N4O5S. The van der Waals surface area contributed by atoms with E-state index in [2.05, 4.69) is 21.3 Å². The highest BCUT2D eigenvalue weighted by Gasteiger charge is 2.17. The van der Waals surface area contributed by atoms with Crippen LogP contribution >= 0.6 is 11.8 Å². The zero-order chi connectivity index (χ0) is 20.5. The number of ether oxygens (including phenoxy) is 1. The molecule has 1 aromatic carbocycles. The van der Waals surface area contributed by atoms with Crippen molar-refractivity contribution >= 4 is 35.3 Å². The third-order valence-corrected chi connectivity index (χ3v) is 4.60. The van der Waals surface area contributed by atoms with Crippen molar-refractivity contribution < 1.29 is 23.6 Å². The van der Waals surface area contributed by atoms with Crippen LogP contribution < -0.4 is 20.9 Å². The van der Waals surface area contributed by atoms with Gasteiger partial charge in [0.25, 0.3) is 5.91 Å². The van der Waals surface area contributed by atoms with Gasteiger partial charge < -0.3 is 14.6 Å². The molecule has 0 fully saturated rings. The van der Waals surface area contributed by atoms with Gasteiger partial charge in [0.2, 0.25) is 11.8 Å². The molecule has 0 aliphatic carbocycles. The zero-order valence-electron chi connectivity index (χ0n) is 15.8. The van der Waals surface area contributed by atoms with Crippen LogP contribution in [0.25, 0.3) is 0 Å². The molecule has 0 bridgehead atoms. The molecule has 1 aromatic heterocycles. The quantitative estimate of drug-likeness (QED) is 0.572. The average molecular weight is 406 g/mol. The maximum absolute atomic E-state index is 12.0. The van der Waals surface area contributed by atoms with Crippen LogP contribution in [-0.2, 0) is 9.59 Å². The van der Waals surface area contributed by atoms with Crippen LogP contribution in [0.2, 0.25) is 0 Å². The SMILES string of the molecule is CCOc1ccc(C(=O)NNC(=O)CS[C@H](C)C(=O)Nc2cc(C)on2)cc1. The first-order chi connectivity index (χ1) is 13.4. The lowest BCUT2D eigenvalue weighted by molar-refractivity contribution is -0.119. The smallest absolute Gasteiger partial charge is 0.269 e. The molecule has 0 radical (unpaired) electrons. The Morgan fingerprint density at radius 1 is 1.21 bits per heavy atom. The van der Waals surface area contributed by atoms with E-state index in [1.807, 2.05) is 6.92 Å². The Bertz CT molecular complexity index is 822. The van der Waals surface area contributed by atoms with Crippen molar-refractivity contribution in [3.63, 3.8) is 0 Å². The number of carbonyl (C=O) groups excluding carboxylic acids is 3. The summed E-state index contributed by atoms with van der Waals surface area (Å²) in [6.45, 7) is 5.79. The van der Waals surface area contributed by atoms with E-state index in [-0.39, 0.29) is 11.7 Å².